The zero-order valence-corrected chi connectivity index (χ0v) is 15.7. The second kappa shape index (κ2) is 7.38. The smallest absolute Gasteiger partial charge is 0.275 e. The van der Waals surface area contributed by atoms with Crippen LogP contribution in [0.2, 0.25) is 0 Å². The van der Waals surface area contributed by atoms with E-state index in [9.17, 15) is 9.00 Å². The van der Waals surface area contributed by atoms with Crippen molar-refractivity contribution in [1.82, 2.24) is 5.48 Å². The quantitative estimate of drug-likeness (QED) is 0.406. The minimum Gasteiger partial charge on any atom is -0.453 e. The second-order valence-electron chi connectivity index (χ2n) is 6.12. The van der Waals surface area contributed by atoms with Crippen molar-refractivity contribution < 1.29 is 18.9 Å². The number of carbonyl (C=O) groups excluding carboxylic acids is 1. The van der Waals surface area contributed by atoms with Crippen molar-refractivity contribution in [1.29, 1.82) is 0 Å². The number of fused-ring (bicyclic) bond motifs is 2. The van der Waals surface area contributed by atoms with E-state index in [0.29, 0.717) is 44.3 Å². The average molecular weight is 392 g/mol. The van der Waals surface area contributed by atoms with E-state index >= 15 is 0 Å². The molecule has 1 atom stereocenters. The van der Waals surface area contributed by atoms with Gasteiger partial charge in [-0.05, 0) is 35.4 Å². The largest absolute Gasteiger partial charge is 0.453 e. The summed E-state index contributed by atoms with van der Waals surface area (Å²) < 4.78 is 18.4. The van der Waals surface area contributed by atoms with Gasteiger partial charge in [0.15, 0.2) is 11.5 Å². The Balaban J connectivity index is 2.00. The summed E-state index contributed by atoms with van der Waals surface area (Å²) in [5.74, 6) is 0.372. The van der Waals surface area contributed by atoms with Crippen LogP contribution in [-0.4, -0.2) is 27.8 Å². The number of aliphatic imine (C=N–C) groups is 1. The molecule has 0 aromatic heterocycles. The zero-order valence-electron chi connectivity index (χ0n) is 14.9. The van der Waals surface area contributed by atoms with Gasteiger partial charge in [-0.1, -0.05) is 36.4 Å². The molecule has 1 heterocycles. The van der Waals surface area contributed by atoms with Gasteiger partial charge < -0.3 is 4.74 Å². The highest BCUT2D eigenvalue weighted by Gasteiger charge is 2.23. The molecule has 7 heteroatoms. The number of nitrogens with zero attached hydrogens (tertiary/aromatic N) is 1. The Morgan fingerprint density at radius 3 is 2.57 bits per heavy atom. The number of hydrogen-bond acceptors (Lipinski definition) is 5. The number of hydroxylamine groups is 1. The first-order valence-electron chi connectivity index (χ1n) is 8.45. The van der Waals surface area contributed by atoms with Crippen LogP contribution in [0.3, 0.4) is 0 Å². The number of nitrogens with one attached hydrogen (secondary N) is 1. The number of carbonyl (C=O) groups is 1. The third-order valence-corrected chi connectivity index (χ3v) is 5.38. The van der Waals surface area contributed by atoms with Gasteiger partial charge >= 0.3 is 0 Å². The number of para-hydroxylation sites is 2. The minimum atomic E-state index is -1.29. The van der Waals surface area contributed by atoms with Crippen LogP contribution in [0.15, 0.2) is 70.6 Å². The molecule has 1 aliphatic heterocycles. The van der Waals surface area contributed by atoms with Crippen molar-refractivity contribution >= 4 is 28.6 Å². The number of hydrogen-bond donors (Lipinski definition) is 2. The average Bonchev–Trinajstić information content (AvgIpc) is 2.92. The molecule has 1 unspecified atom stereocenters. The normalized spacial score (nSPS) is 12.9. The molecule has 0 spiro atoms. The van der Waals surface area contributed by atoms with Crippen molar-refractivity contribution in [3.8, 4) is 22.6 Å². The van der Waals surface area contributed by atoms with Crippen LogP contribution in [0.1, 0.15) is 15.9 Å². The molecule has 0 fully saturated rings. The van der Waals surface area contributed by atoms with E-state index in [2.05, 4.69) is 4.99 Å². The summed E-state index contributed by atoms with van der Waals surface area (Å²) in [5, 5.41) is 9.09. The fourth-order valence-corrected chi connectivity index (χ4v) is 3.82. The maximum atomic E-state index is 12.3. The number of rotatable bonds is 3. The first kappa shape index (κ1) is 18.1. The van der Waals surface area contributed by atoms with Crippen molar-refractivity contribution in [2.45, 2.75) is 4.90 Å². The van der Waals surface area contributed by atoms with Gasteiger partial charge in [0.05, 0.1) is 15.7 Å². The fourth-order valence-electron chi connectivity index (χ4n) is 3.14. The van der Waals surface area contributed by atoms with Crippen LogP contribution in [-0.2, 0) is 10.8 Å². The van der Waals surface area contributed by atoms with Gasteiger partial charge in [0, 0.05) is 23.6 Å². The predicted molar refractivity (Wildman–Crippen MR) is 107 cm³/mol. The molecule has 1 amide bonds. The van der Waals surface area contributed by atoms with E-state index < -0.39 is 16.7 Å². The molecule has 0 bridgehead atoms. The highest BCUT2D eigenvalue weighted by Crippen LogP contribution is 2.42. The lowest BCUT2D eigenvalue weighted by Gasteiger charge is -2.16. The molecule has 28 heavy (non-hydrogen) atoms. The Bertz CT molecular complexity index is 1140. The summed E-state index contributed by atoms with van der Waals surface area (Å²) in [6.07, 6.45) is 3.24. The summed E-state index contributed by atoms with van der Waals surface area (Å²) in [4.78, 5) is 17.2. The van der Waals surface area contributed by atoms with Crippen LogP contribution in [0.5, 0.6) is 11.5 Å². The summed E-state index contributed by atoms with van der Waals surface area (Å²) in [7, 11) is -1.29. The van der Waals surface area contributed by atoms with E-state index in [1.165, 1.54) is 0 Å². The van der Waals surface area contributed by atoms with Crippen molar-refractivity contribution in [3.63, 3.8) is 0 Å². The molecule has 0 radical (unpaired) electrons. The molecule has 2 N–H and O–H groups in total. The number of benzene rings is 3. The number of amides is 1. The molecule has 0 saturated carbocycles. The molecule has 0 saturated heterocycles. The lowest BCUT2D eigenvalue weighted by molar-refractivity contribution is 0.0707. The van der Waals surface area contributed by atoms with Crippen molar-refractivity contribution in [3.05, 3.63) is 71.8 Å². The molecule has 6 nitrogen and oxygen atoms in total. The van der Waals surface area contributed by atoms with Crippen LogP contribution >= 0.6 is 0 Å². The standard InChI is InChI=1S/C21H16N2O4S/c1-28(26)19-11-10-14(13-6-2-3-7-15(13)21(24)23-25)16-12-22-17-8-4-5-9-18(17)27-20(16)19/h2-12,25H,1H3,(H,23,24). The van der Waals surface area contributed by atoms with E-state index in [4.69, 9.17) is 9.94 Å². The van der Waals surface area contributed by atoms with E-state index in [0.717, 1.165) is 0 Å². The first-order chi connectivity index (χ1) is 13.6. The van der Waals surface area contributed by atoms with Crippen LogP contribution in [0.25, 0.3) is 11.1 Å². The Morgan fingerprint density at radius 2 is 1.79 bits per heavy atom. The Morgan fingerprint density at radius 1 is 1.04 bits per heavy atom. The summed E-state index contributed by atoms with van der Waals surface area (Å²) in [5.41, 5.74) is 4.52. The van der Waals surface area contributed by atoms with E-state index in [1.54, 1.807) is 60.4 Å². The number of ether oxygens (including phenoxy) is 1. The second-order valence-corrected chi connectivity index (χ2v) is 7.47. The van der Waals surface area contributed by atoms with Crippen molar-refractivity contribution in [2.75, 3.05) is 6.26 Å². The minimum absolute atomic E-state index is 0.299. The topological polar surface area (TPSA) is 88.0 Å². The Labute approximate surface area is 163 Å². The molecule has 3 aromatic carbocycles. The van der Waals surface area contributed by atoms with Gasteiger partial charge in [0.1, 0.15) is 5.69 Å². The molecule has 140 valence electrons. The zero-order chi connectivity index (χ0) is 19.7. The molecule has 0 aliphatic carbocycles. The van der Waals surface area contributed by atoms with Gasteiger partial charge in [-0.3, -0.25) is 19.2 Å². The third kappa shape index (κ3) is 3.11. The molecule has 1 aliphatic rings. The highest BCUT2D eigenvalue weighted by molar-refractivity contribution is 7.84. The van der Waals surface area contributed by atoms with Gasteiger partial charge in [-0.2, -0.15) is 0 Å². The van der Waals surface area contributed by atoms with Crippen molar-refractivity contribution in [2.24, 2.45) is 4.99 Å². The van der Waals surface area contributed by atoms with Gasteiger partial charge in [0.2, 0.25) is 0 Å². The van der Waals surface area contributed by atoms with Crippen LogP contribution < -0.4 is 10.2 Å². The Kier molecular flexibility index (Phi) is 4.77. The summed E-state index contributed by atoms with van der Waals surface area (Å²) in [6, 6.07) is 17.7. The van der Waals surface area contributed by atoms with Crippen LogP contribution in [0.4, 0.5) is 5.69 Å². The SMILES string of the molecule is CS(=O)c1ccc(-c2ccccc2C(=O)NO)c2c1Oc1ccccc1N=C2. The maximum Gasteiger partial charge on any atom is 0.275 e. The summed E-state index contributed by atoms with van der Waals surface area (Å²) >= 11 is 0. The monoisotopic (exact) mass is 392 g/mol. The molecule has 3 aromatic rings. The Hall–Kier alpha value is -3.29. The molecular formula is C21H16N2O4S. The predicted octanol–water partition coefficient (Wildman–Crippen LogP) is 4.07. The fraction of sp³-hybridized carbons (Fsp3) is 0.0476. The molecular weight excluding hydrogens is 376 g/mol. The highest BCUT2D eigenvalue weighted by atomic mass is 32.2. The lowest BCUT2D eigenvalue weighted by Crippen LogP contribution is -2.19. The third-order valence-electron chi connectivity index (χ3n) is 4.44. The van der Waals surface area contributed by atoms with Gasteiger partial charge in [-0.25, -0.2) is 5.48 Å². The van der Waals surface area contributed by atoms with E-state index in [1.807, 2.05) is 18.2 Å². The maximum absolute atomic E-state index is 12.3. The van der Waals surface area contributed by atoms with Gasteiger partial charge in [0.25, 0.3) is 5.91 Å². The van der Waals surface area contributed by atoms with Crippen LogP contribution in [0, 0.1) is 0 Å². The summed E-state index contributed by atoms with van der Waals surface area (Å²) in [6.45, 7) is 0. The van der Waals surface area contributed by atoms with Gasteiger partial charge in [-0.15, -0.1) is 0 Å². The lowest BCUT2D eigenvalue weighted by atomic mass is 9.95. The first-order valence-corrected chi connectivity index (χ1v) is 10.0. The van der Waals surface area contributed by atoms with E-state index in [-0.39, 0.29) is 0 Å². The molecule has 4 rings (SSSR count).